The highest BCUT2D eigenvalue weighted by atomic mass is 19.4. The summed E-state index contributed by atoms with van der Waals surface area (Å²) in [4.78, 5) is 13.6. The van der Waals surface area contributed by atoms with Crippen molar-refractivity contribution in [2.24, 2.45) is 0 Å². The zero-order valence-corrected chi connectivity index (χ0v) is 14.6. The Kier molecular flexibility index (Phi) is 5.01. The predicted molar refractivity (Wildman–Crippen MR) is 93.7 cm³/mol. The number of aliphatic hydroxyl groups is 1. The fraction of sp³-hybridized carbons (Fsp3) is 0.316. The molecule has 1 atom stereocenters. The number of aliphatic hydroxyl groups excluding tert-OH is 1. The van der Waals surface area contributed by atoms with Crippen LogP contribution in [0.5, 0.6) is 5.75 Å². The van der Waals surface area contributed by atoms with Gasteiger partial charge in [-0.05, 0) is 24.3 Å². The molecule has 2 N–H and O–H groups in total. The predicted octanol–water partition coefficient (Wildman–Crippen LogP) is 3.06. The number of anilines is 1. The zero-order valence-electron chi connectivity index (χ0n) is 14.6. The Labute approximate surface area is 154 Å². The smallest absolute Gasteiger partial charge is 0.430 e. The number of hydrogen-bond donors (Lipinski definition) is 2. The molecule has 2 aromatic carbocycles. The van der Waals surface area contributed by atoms with Gasteiger partial charge in [0.05, 0.1) is 13.7 Å². The van der Waals surface area contributed by atoms with Crippen LogP contribution in [0.15, 0.2) is 48.5 Å². The minimum Gasteiger partial charge on any atom is -0.496 e. The summed E-state index contributed by atoms with van der Waals surface area (Å²) in [5.41, 5.74) is -2.18. The lowest BCUT2D eigenvalue weighted by molar-refractivity contribution is -0.216. The van der Waals surface area contributed by atoms with Gasteiger partial charge in [0.15, 0.2) is 0 Å². The van der Waals surface area contributed by atoms with Gasteiger partial charge in [-0.1, -0.05) is 24.3 Å². The first kappa shape index (κ1) is 19.0. The molecule has 1 aliphatic rings. The number of rotatable bonds is 5. The van der Waals surface area contributed by atoms with Crippen molar-refractivity contribution in [3.63, 3.8) is 0 Å². The number of methoxy groups -OCH3 is 1. The Hall–Kier alpha value is -2.74. The highest BCUT2D eigenvalue weighted by molar-refractivity contribution is 5.98. The molecule has 0 aliphatic carbocycles. The van der Waals surface area contributed by atoms with E-state index in [2.05, 4.69) is 5.32 Å². The molecule has 1 aliphatic heterocycles. The Bertz CT molecular complexity index is 827. The van der Waals surface area contributed by atoms with E-state index in [4.69, 9.17) is 4.74 Å². The average Bonchev–Trinajstić information content (AvgIpc) is 2.64. The summed E-state index contributed by atoms with van der Waals surface area (Å²) in [6.07, 6.45) is -5.36. The molecule has 0 spiro atoms. The molecule has 8 heteroatoms. The quantitative estimate of drug-likeness (QED) is 0.837. The summed E-state index contributed by atoms with van der Waals surface area (Å²) < 4.78 is 48.3. The second kappa shape index (κ2) is 7.11. The van der Waals surface area contributed by atoms with Gasteiger partial charge in [0, 0.05) is 29.8 Å². The second-order valence-corrected chi connectivity index (χ2v) is 6.19. The van der Waals surface area contributed by atoms with E-state index in [1.165, 1.54) is 31.4 Å². The third kappa shape index (κ3) is 3.21. The number of para-hydroxylation sites is 1. The largest absolute Gasteiger partial charge is 0.496 e. The molecule has 0 radical (unpaired) electrons. The number of nitrogens with one attached hydrogen (secondary N) is 1. The van der Waals surface area contributed by atoms with Crippen LogP contribution in [-0.2, 0) is 6.42 Å². The number of hydrogen-bond acceptors (Lipinski definition) is 4. The standard InChI is InChI=1S/C19H19F3N2O3/c1-27-16-9-5-8-14-15(16)12-18(19(20,21)22,24(10-11-25)17(14)26)23-13-6-3-2-4-7-13/h2-9,23,25H,10-12H2,1H3. The number of amides is 1. The zero-order chi connectivity index (χ0) is 19.7. The van der Waals surface area contributed by atoms with E-state index in [0.29, 0.717) is 4.90 Å². The molecule has 0 fully saturated rings. The normalized spacial score (nSPS) is 19.6. The van der Waals surface area contributed by atoms with Gasteiger partial charge in [0.1, 0.15) is 5.75 Å². The summed E-state index contributed by atoms with van der Waals surface area (Å²) in [7, 11) is 1.35. The van der Waals surface area contributed by atoms with Crippen LogP contribution < -0.4 is 10.1 Å². The second-order valence-electron chi connectivity index (χ2n) is 6.19. The number of fused-ring (bicyclic) bond motifs is 1. The third-order valence-corrected chi connectivity index (χ3v) is 4.64. The van der Waals surface area contributed by atoms with Crippen LogP contribution in [0.1, 0.15) is 15.9 Å². The van der Waals surface area contributed by atoms with Crippen LogP contribution in [-0.4, -0.2) is 48.0 Å². The molecule has 1 unspecified atom stereocenters. The molecule has 144 valence electrons. The third-order valence-electron chi connectivity index (χ3n) is 4.64. The van der Waals surface area contributed by atoms with Gasteiger partial charge in [0.2, 0.25) is 5.66 Å². The van der Waals surface area contributed by atoms with Crippen LogP contribution in [0.4, 0.5) is 18.9 Å². The van der Waals surface area contributed by atoms with Gasteiger partial charge >= 0.3 is 6.18 Å². The van der Waals surface area contributed by atoms with Crippen LogP contribution >= 0.6 is 0 Å². The first-order chi connectivity index (χ1) is 12.8. The lowest BCUT2D eigenvalue weighted by atomic mass is 9.86. The molecule has 1 amide bonds. The number of ether oxygens (including phenoxy) is 1. The molecule has 0 saturated carbocycles. The number of benzene rings is 2. The molecule has 0 aromatic heterocycles. The Morgan fingerprint density at radius 3 is 2.48 bits per heavy atom. The SMILES string of the molecule is COc1cccc2c1CC(Nc1ccccc1)(C(F)(F)F)N(CCO)C2=O. The molecule has 2 aromatic rings. The summed E-state index contributed by atoms with van der Waals surface area (Å²) in [5.74, 6) is -0.599. The van der Waals surface area contributed by atoms with Gasteiger partial charge in [-0.15, -0.1) is 0 Å². The van der Waals surface area contributed by atoms with E-state index >= 15 is 0 Å². The first-order valence-corrected chi connectivity index (χ1v) is 8.32. The number of carbonyl (C=O) groups excluding carboxylic acids is 1. The van der Waals surface area contributed by atoms with E-state index in [1.807, 2.05) is 0 Å². The number of alkyl halides is 3. The lowest BCUT2D eigenvalue weighted by Crippen LogP contribution is -2.69. The molecule has 5 nitrogen and oxygen atoms in total. The minimum absolute atomic E-state index is 0.137. The summed E-state index contributed by atoms with van der Waals surface area (Å²) in [6, 6.07) is 12.4. The molecular formula is C19H19F3N2O3. The van der Waals surface area contributed by atoms with Crippen LogP contribution in [0.25, 0.3) is 0 Å². The van der Waals surface area contributed by atoms with E-state index in [1.54, 1.807) is 24.3 Å². The van der Waals surface area contributed by atoms with Crippen molar-refractivity contribution in [1.29, 1.82) is 0 Å². The Balaban J connectivity index is 2.21. The molecule has 27 heavy (non-hydrogen) atoms. The summed E-state index contributed by atoms with van der Waals surface area (Å²) >= 11 is 0. The maximum Gasteiger partial charge on any atom is 0.430 e. The minimum atomic E-state index is -4.81. The molecular weight excluding hydrogens is 361 g/mol. The number of halogens is 3. The van der Waals surface area contributed by atoms with E-state index in [9.17, 15) is 23.1 Å². The average molecular weight is 380 g/mol. The highest BCUT2D eigenvalue weighted by Crippen LogP contribution is 2.45. The van der Waals surface area contributed by atoms with Crippen molar-refractivity contribution in [2.45, 2.75) is 18.3 Å². The van der Waals surface area contributed by atoms with Crippen LogP contribution in [0.2, 0.25) is 0 Å². The van der Waals surface area contributed by atoms with E-state index < -0.39 is 37.3 Å². The van der Waals surface area contributed by atoms with Crippen molar-refractivity contribution in [2.75, 3.05) is 25.6 Å². The van der Waals surface area contributed by atoms with Gasteiger partial charge in [-0.2, -0.15) is 13.2 Å². The van der Waals surface area contributed by atoms with Crippen LogP contribution in [0, 0.1) is 0 Å². The van der Waals surface area contributed by atoms with E-state index in [-0.39, 0.29) is 22.6 Å². The van der Waals surface area contributed by atoms with Crippen molar-refractivity contribution in [3.8, 4) is 5.75 Å². The number of carbonyl (C=O) groups is 1. The highest BCUT2D eigenvalue weighted by Gasteiger charge is 2.62. The van der Waals surface area contributed by atoms with Gasteiger partial charge in [-0.25, -0.2) is 0 Å². The maximum atomic E-state index is 14.4. The first-order valence-electron chi connectivity index (χ1n) is 8.32. The summed E-state index contributed by atoms with van der Waals surface area (Å²) in [5, 5.41) is 11.8. The molecule has 3 rings (SSSR count). The molecule has 0 saturated heterocycles. The van der Waals surface area contributed by atoms with Crippen LogP contribution in [0.3, 0.4) is 0 Å². The fourth-order valence-corrected chi connectivity index (χ4v) is 3.40. The van der Waals surface area contributed by atoms with Crippen molar-refractivity contribution in [1.82, 2.24) is 4.90 Å². The number of β-amino-alcohol motifs (C(OH)–C–C–N with tert-alkyl or cyclic N) is 1. The van der Waals surface area contributed by atoms with Gasteiger partial charge in [-0.3, -0.25) is 4.79 Å². The maximum absolute atomic E-state index is 14.4. The topological polar surface area (TPSA) is 61.8 Å². The van der Waals surface area contributed by atoms with Gasteiger partial charge in [0.25, 0.3) is 5.91 Å². The van der Waals surface area contributed by atoms with Crippen molar-refractivity contribution >= 4 is 11.6 Å². The summed E-state index contributed by atoms with van der Waals surface area (Å²) in [6.45, 7) is -1.06. The molecule has 0 bridgehead atoms. The Morgan fingerprint density at radius 2 is 1.89 bits per heavy atom. The fourth-order valence-electron chi connectivity index (χ4n) is 3.40. The van der Waals surface area contributed by atoms with E-state index in [0.717, 1.165) is 0 Å². The lowest BCUT2D eigenvalue weighted by Gasteiger charge is -2.48. The number of nitrogens with zero attached hydrogens (tertiary/aromatic N) is 1. The molecule has 1 heterocycles. The van der Waals surface area contributed by atoms with Crippen molar-refractivity contribution in [3.05, 3.63) is 59.7 Å². The van der Waals surface area contributed by atoms with Gasteiger partial charge < -0.3 is 20.1 Å². The monoisotopic (exact) mass is 380 g/mol. The Morgan fingerprint density at radius 1 is 1.19 bits per heavy atom. The van der Waals surface area contributed by atoms with Crippen molar-refractivity contribution < 1.29 is 27.8 Å².